The lowest BCUT2D eigenvalue weighted by Crippen LogP contribution is -2.07. The summed E-state index contributed by atoms with van der Waals surface area (Å²) in [5.74, 6) is 0.681. The summed E-state index contributed by atoms with van der Waals surface area (Å²) in [6.07, 6.45) is 1.89. The number of aromatic nitrogens is 2. The summed E-state index contributed by atoms with van der Waals surface area (Å²) >= 11 is 0. The van der Waals surface area contributed by atoms with Gasteiger partial charge in [0.1, 0.15) is 22.8 Å². The van der Waals surface area contributed by atoms with E-state index < -0.39 is 0 Å². The Labute approximate surface area is 158 Å². The fourth-order valence-corrected chi connectivity index (χ4v) is 3.23. The van der Waals surface area contributed by atoms with Crippen LogP contribution in [0, 0.1) is 13.8 Å². The van der Waals surface area contributed by atoms with E-state index in [2.05, 4.69) is 0 Å². The van der Waals surface area contributed by atoms with Crippen LogP contribution in [0.15, 0.2) is 66.9 Å². The quantitative estimate of drug-likeness (QED) is 0.491. The van der Waals surface area contributed by atoms with E-state index in [4.69, 9.17) is 9.72 Å². The highest BCUT2D eigenvalue weighted by molar-refractivity contribution is 6.12. The second-order valence-corrected chi connectivity index (χ2v) is 6.62. The van der Waals surface area contributed by atoms with Crippen molar-refractivity contribution in [3.05, 3.63) is 89.2 Å². The highest BCUT2D eigenvalue weighted by atomic mass is 16.5. The Morgan fingerprint density at radius 3 is 2.52 bits per heavy atom. The maximum Gasteiger partial charge on any atom is 0.212 e. The van der Waals surface area contributed by atoms with Crippen LogP contribution in [0.5, 0.6) is 5.75 Å². The SMILES string of the molecule is COc1cccc(-c2nc3c(C)cccn3c2C(=O)c2ccc(C)cc2)c1. The fraction of sp³-hybridized carbons (Fsp3) is 0.130. The van der Waals surface area contributed by atoms with E-state index in [1.54, 1.807) is 7.11 Å². The van der Waals surface area contributed by atoms with E-state index in [1.807, 2.05) is 85.1 Å². The number of carbonyl (C=O) groups excluding carboxylic acids is 1. The summed E-state index contributed by atoms with van der Waals surface area (Å²) < 4.78 is 7.23. The summed E-state index contributed by atoms with van der Waals surface area (Å²) in [4.78, 5) is 18.2. The van der Waals surface area contributed by atoms with E-state index in [0.29, 0.717) is 17.0 Å². The molecule has 2 heterocycles. The number of carbonyl (C=O) groups is 1. The molecule has 0 fully saturated rings. The van der Waals surface area contributed by atoms with Crippen molar-refractivity contribution in [2.24, 2.45) is 0 Å². The van der Waals surface area contributed by atoms with Crippen molar-refractivity contribution in [2.45, 2.75) is 13.8 Å². The third kappa shape index (κ3) is 2.99. The minimum absolute atomic E-state index is 0.0501. The van der Waals surface area contributed by atoms with E-state index in [-0.39, 0.29) is 5.78 Å². The number of rotatable bonds is 4. The Bertz CT molecular complexity index is 1140. The van der Waals surface area contributed by atoms with Crippen molar-refractivity contribution < 1.29 is 9.53 Å². The van der Waals surface area contributed by atoms with Crippen molar-refractivity contribution in [3.8, 4) is 17.0 Å². The number of hydrogen-bond acceptors (Lipinski definition) is 3. The van der Waals surface area contributed by atoms with E-state index in [9.17, 15) is 4.79 Å². The molecule has 4 aromatic rings. The van der Waals surface area contributed by atoms with Crippen LogP contribution in [-0.2, 0) is 0 Å². The number of methoxy groups -OCH3 is 1. The van der Waals surface area contributed by atoms with Gasteiger partial charge in [0.15, 0.2) is 0 Å². The van der Waals surface area contributed by atoms with Gasteiger partial charge < -0.3 is 4.74 Å². The normalized spacial score (nSPS) is 10.9. The molecule has 0 aliphatic heterocycles. The zero-order valence-corrected chi connectivity index (χ0v) is 15.6. The van der Waals surface area contributed by atoms with Gasteiger partial charge in [-0.1, -0.05) is 48.0 Å². The first-order valence-corrected chi connectivity index (χ1v) is 8.82. The van der Waals surface area contributed by atoms with Gasteiger partial charge in [0, 0.05) is 17.3 Å². The highest BCUT2D eigenvalue weighted by Crippen LogP contribution is 2.30. The van der Waals surface area contributed by atoms with Crippen LogP contribution in [-0.4, -0.2) is 22.3 Å². The molecule has 4 nitrogen and oxygen atoms in total. The Balaban J connectivity index is 1.98. The van der Waals surface area contributed by atoms with Crippen molar-refractivity contribution in [1.29, 1.82) is 0 Å². The lowest BCUT2D eigenvalue weighted by Gasteiger charge is -2.07. The topological polar surface area (TPSA) is 43.6 Å². The standard InChI is InChI=1S/C23H20N2O2/c1-15-9-11-17(12-10-15)22(26)21-20(18-7-4-8-19(14-18)27-3)24-23-16(2)6-5-13-25(21)23/h4-14H,1-3H3. The van der Waals surface area contributed by atoms with Gasteiger partial charge in [0.25, 0.3) is 0 Å². The fourth-order valence-electron chi connectivity index (χ4n) is 3.23. The average molecular weight is 356 g/mol. The zero-order chi connectivity index (χ0) is 19.0. The number of aryl methyl sites for hydroxylation is 2. The molecular weight excluding hydrogens is 336 g/mol. The van der Waals surface area contributed by atoms with Crippen LogP contribution in [0.4, 0.5) is 0 Å². The number of nitrogens with zero attached hydrogens (tertiary/aromatic N) is 2. The Morgan fingerprint density at radius 2 is 1.78 bits per heavy atom. The van der Waals surface area contributed by atoms with Crippen molar-refractivity contribution in [2.75, 3.05) is 7.11 Å². The predicted molar refractivity (Wildman–Crippen MR) is 107 cm³/mol. The number of pyridine rings is 1. The number of benzene rings is 2. The van der Waals surface area contributed by atoms with E-state index >= 15 is 0 Å². The molecule has 0 atom stereocenters. The number of ether oxygens (including phenoxy) is 1. The molecule has 0 aliphatic rings. The molecule has 0 bridgehead atoms. The van der Waals surface area contributed by atoms with Gasteiger partial charge in [-0.3, -0.25) is 9.20 Å². The van der Waals surface area contributed by atoms with Crippen LogP contribution in [0.3, 0.4) is 0 Å². The second kappa shape index (κ2) is 6.72. The number of ketones is 1. The highest BCUT2D eigenvalue weighted by Gasteiger charge is 2.22. The van der Waals surface area contributed by atoms with Gasteiger partial charge in [-0.25, -0.2) is 4.98 Å². The van der Waals surface area contributed by atoms with Crippen molar-refractivity contribution in [3.63, 3.8) is 0 Å². The molecule has 0 saturated heterocycles. The van der Waals surface area contributed by atoms with Crippen molar-refractivity contribution >= 4 is 11.4 Å². The minimum Gasteiger partial charge on any atom is -0.497 e. The molecule has 134 valence electrons. The molecule has 27 heavy (non-hydrogen) atoms. The summed E-state index contributed by atoms with van der Waals surface area (Å²) in [7, 11) is 1.63. The smallest absolute Gasteiger partial charge is 0.212 e. The Morgan fingerprint density at radius 1 is 1.00 bits per heavy atom. The van der Waals surface area contributed by atoms with Gasteiger partial charge in [-0.15, -0.1) is 0 Å². The van der Waals surface area contributed by atoms with Crippen LogP contribution in [0.25, 0.3) is 16.9 Å². The molecule has 0 spiro atoms. The van der Waals surface area contributed by atoms with Crippen LogP contribution < -0.4 is 4.74 Å². The first kappa shape index (κ1) is 17.0. The van der Waals surface area contributed by atoms with Crippen LogP contribution in [0.1, 0.15) is 27.2 Å². The van der Waals surface area contributed by atoms with E-state index in [1.165, 1.54) is 0 Å². The summed E-state index contributed by atoms with van der Waals surface area (Å²) in [6.45, 7) is 4.01. The lowest BCUT2D eigenvalue weighted by atomic mass is 10.0. The largest absolute Gasteiger partial charge is 0.497 e. The third-order valence-electron chi connectivity index (χ3n) is 4.72. The maximum absolute atomic E-state index is 13.4. The molecule has 0 aliphatic carbocycles. The van der Waals surface area contributed by atoms with Gasteiger partial charge in [-0.05, 0) is 37.6 Å². The predicted octanol–water partition coefficient (Wildman–Crippen LogP) is 4.86. The van der Waals surface area contributed by atoms with Crippen molar-refractivity contribution in [1.82, 2.24) is 9.38 Å². The number of imidazole rings is 1. The van der Waals surface area contributed by atoms with E-state index in [0.717, 1.165) is 28.1 Å². The first-order chi connectivity index (χ1) is 13.1. The van der Waals surface area contributed by atoms with Gasteiger partial charge in [0.2, 0.25) is 5.78 Å². The average Bonchev–Trinajstić information content (AvgIpc) is 3.09. The van der Waals surface area contributed by atoms with Gasteiger partial charge in [0.05, 0.1) is 7.11 Å². The minimum atomic E-state index is -0.0501. The lowest BCUT2D eigenvalue weighted by molar-refractivity contribution is 0.103. The molecule has 0 amide bonds. The molecule has 0 unspecified atom stereocenters. The van der Waals surface area contributed by atoms with Crippen LogP contribution in [0.2, 0.25) is 0 Å². The van der Waals surface area contributed by atoms with Gasteiger partial charge >= 0.3 is 0 Å². The monoisotopic (exact) mass is 356 g/mol. The molecule has 2 aromatic carbocycles. The summed E-state index contributed by atoms with van der Waals surface area (Å²) in [5.41, 5.74) is 5.64. The maximum atomic E-state index is 13.4. The summed E-state index contributed by atoms with van der Waals surface area (Å²) in [5, 5.41) is 0. The Hall–Kier alpha value is -3.40. The number of fused-ring (bicyclic) bond motifs is 1. The summed E-state index contributed by atoms with van der Waals surface area (Å²) in [6, 6.07) is 19.2. The first-order valence-electron chi connectivity index (χ1n) is 8.82. The molecule has 4 heteroatoms. The molecule has 4 rings (SSSR count). The Kier molecular flexibility index (Phi) is 4.24. The number of hydrogen-bond donors (Lipinski definition) is 0. The molecule has 0 N–H and O–H groups in total. The molecule has 2 aromatic heterocycles. The van der Waals surface area contributed by atoms with Crippen LogP contribution >= 0.6 is 0 Å². The zero-order valence-electron chi connectivity index (χ0n) is 15.6. The second-order valence-electron chi connectivity index (χ2n) is 6.62. The molecule has 0 saturated carbocycles. The van der Waals surface area contributed by atoms with Gasteiger partial charge in [-0.2, -0.15) is 0 Å². The molecular formula is C23H20N2O2. The molecule has 0 radical (unpaired) electrons. The third-order valence-corrected chi connectivity index (χ3v) is 4.72.